The van der Waals surface area contributed by atoms with Crippen LogP contribution in [-0.2, 0) is 13.0 Å². The molecule has 2 fully saturated rings. The first-order chi connectivity index (χ1) is 11.2. The molecule has 23 heavy (non-hydrogen) atoms. The van der Waals surface area contributed by atoms with E-state index in [2.05, 4.69) is 22.9 Å². The highest BCUT2D eigenvalue weighted by atomic mass is 16.5. The van der Waals surface area contributed by atoms with Gasteiger partial charge in [0.25, 0.3) is 0 Å². The van der Waals surface area contributed by atoms with Crippen LogP contribution in [0.25, 0.3) is 0 Å². The van der Waals surface area contributed by atoms with Gasteiger partial charge in [0.05, 0.1) is 5.69 Å². The van der Waals surface area contributed by atoms with Crippen molar-refractivity contribution in [3.63, 3.8) is 0 Å². The lowest BCUT2D eigenvalue weighted by Gasteiger charge is -2.32. The Labute approximate surface area is 137 Å². The first kappa shape index (κ1) is 14.9. The predicted octanol–water partition coefficient (Wildman–Crippen LogP) is 1.95. The van der Waals surface area contributed by atoms with Gasteiger partial charge in [-0.25, -0.2) is 4.98 Å². The van der Waals surface area contributed by atoms with Gasteiger partial charge >= 0.3 is 0 Å². The molecule has 0 N–H and O–H groups in total. The number of ether oxygens (including phenoxy) is 1. The lowest BCUT2D eigenvalue weighted by atomic mass is 10.0. The third-order valence-electron chi connectivity index (χ3n) is 5.27. The molecule has 1 saturated heterocycles. The number of likely N-dealkylation sites (tertiary alicyclic amines) is 1. The summed E-state index contributed by atoms with van der Waals surface area (Å²) in [5.41, 5.74) is 2.86. The van der Waals surface area contributed by atoms with Crippen molar-refractivity contribution in [2.75, 3.05) is 26.7 Å². The van der Waals surface area contributed by atoms with Crippen LogP contribution in [0.5, 0.6) is 5.88 Å². The summed E-state index contributed by atoms with van der Waals surface area (Å²) in [6.07, 6.45) is 5.96. The Morgan fingerprint density at radius 2 is 2.00 bits per heavy atom. The van der Waals surface area contributed by atoms with E-state index in [1.165, 1.54) is 18.4 Å². The van der Waals surface area contributed by atoms with Crippen LogP contribution in [0.1, 0.15) is 42.5 Å². The molecule has 122 valence electrons. The highest BCUT2D eigenvalue weighted by molar-refractivity contribution is 5.43. The molecule has 3 heterocycles. The fourth-order valence-electron chi connectivity index (χ4n) is 3.72. The number of nitriles is 1. The lowest BCUT2D eigenvalue weighted by molar-refractivity contribution is 0.0924. The van der Waals surface area contributed by atoms with Gasteiger partial charge in [-0.3, -0.25) is 0 Å². The van der Waals surface area contributed by atoms with Gasteiger partial charge in [-0.1, -0.05) is 0 Å². The van der Waals surface area contributed by atoms with Crippen molar-refractivity contribution >= 4 is 0 Å². The van der Waals surface area contributed by atoms with Gasteiger partial charge in [0, 0.05) is 38.6 Å². The molecule has 4 rings (SSSR count). The van der Waals surface area contributed by atoms with E-state index in [1.807, 2.05) is 6.07 Å². The summed E-state index contributed by atoms with van der Waals surface area (Å²) in [5, 5.41) is 9.45. The minimum atomic E-state index is 0.203. The summed E-state index contributed by atoms with van der Waals surface area (Å²) in [6, 6.07) is 5.09. The number of nitrogens with zero attached hydrogens (tertiary/aromatic N) is 4. The molecule has 0 aromatic carbocycles. The molecule has 3 aliphatic rings. The summed E-state index contributed by atoms with van der Waals surface area (Å²) >= 11 is 0. The average Bonchev–Trinajstić information content (AvgIpc) is 3.40. The zero-order valence-corrected chi connectivity index (χ0v) is 13.8. The number of rotatable bonds is 3. The van der Waals surface area contributed by atoms with Gasteiger partial charge in [0.2, 0.25) is 5.88 Å². The van der Waals surface area contributed by atoms with Crippen LogP contribution in [0.2, 0.25) is 0 Å². The minimum Gasteiger partial charge on any atom is -0.473 e. The predicted molar refractivity (Wildman–Crippen MR) is 87.2 cm³/mol. The van der Waals surface area contributed by atoms with Crippen LogP contribution >= 0.6 is 0 Å². The maximum atomic E-state index is 9.45. The van der Waals surface area contributed by atoms with E-state index in [9.17, 15) is 5.26 Å². The average molecular weight is 312 g/mol. The maximum Gasteiger partial charge on any atom is 0.232 e. The van der Waals surface area contributed by atoms with Crippen LogP contribution in [0.4, 0.5) is 0 Å². The third kappa shape index (κ3) is 3.19. The van der Waals surface area contributed by atoms with Gasteiger partial charge in [0.1, 0.15) is 17.7 Å². The van der Waals surface area contributed by atoms with E-state index >= 15 is 0 Å². The zero-order valence-electron chi connectivity index (χ0n) is 13.8. The molecule has 2 aliphatic heterocycles. The standard InChI is InChI=1S/C18H24N4O/c1-21-7-6-17-14(12-21)10-13(11-19)18(20-17)23-16-4-8-22(9-5-16)15-2-3-15/h10,15-16H,2-9,12H2,1H3. The van der Waals surface area contributed by atoms with Crippen molar-refractivity contribution < 1.29 is 4.74 Å². The van der Waals surface area contributed by atoms with Crippen molar-refractivity contribution in [2.45, 2.75) is 50.8 Å². The van der Waals surface area contributed by atoms with Crippen molar-refractivity contribution in [1.29, 1.82) is 5.26 Å². The topological polar surface area (TPSA) is 52.4 Å². The van der Waals surface area contributed by atoms with Crippen molar-refractivity contribution in [3.05, 3.63) is 22.9 Å². The Bertz CT molecular complexity index is 627. The summed E-state index contributed by atoms with van der Waals surface area (Å²) in [6.45, 7) is 4.13. The van der Waals surface area contributed by atoms with Gasteiger partial charge in [-0.2, -0.15) is 5.26 Å². The summed E-state index contributed by atoms with van der Waals surface area (Å²) in [5.74, 6) is 0.556. The van der Waals surface area contributed by atoms with E-state index in [0.717, 1.165) is 57.2 Å². The molecule has 1 aromatic rings. The van der Waals surface area contributed by atoms with E-state index in [0.29, 0.717) is 11.4 Å². The van der Waals surface area contributed by atoms with E-state index in [1.54, 1.807) is 0 Å². The van der Waals surface area contributed by atoms with Gasteiger partial charge < -0.3 is 14.5 Å². The molecule has 0 amide bonds. The smallest absolute Gasteiger partial charge is 0.232 e. The molecule has 1 saturated carbocycles. The number of likely N-dealkylation sites (N-methyl/N-ethyl adjacent to an activating group) is 1. The van der Waals surface area contributed by atoms with Crippen molar-refractivity contribution in [1.82, 2.24) is 14.8 Å². The summed E-state index contributed by atoms with van der Waals surface area (Å²) in [4.78, 5) is 9.54. The highest BCUT2D eigenvalue weighted by Gasteiger charge is 2.32. The first-order valence-corrected chi connectivity index (χ1v) is 8.75. The largest absolute Gasteiger partial charge is 0.473 e. The quantitative estimate of drug-likeness (QED) is 0.854. The number of aromatic nitrogens is 1. The van der Waals surface area contributed by atoms with Crippen LogP contribution in [-0.4, -0.2) is 53.6 Å². The summed E-state index contributed by atoms with van der Waals surface area (Å²) < 4.78 is 6.14. The van der Waals surface area contributed by atoms with Crippen LogP contribution in [0.3, 0.4) is 0 Å². The first-order valence-electron chi connectivity index (χ1n) is 8.75. The SMILES string of the molecule is CN1CCc2nc(OC3CCN(C4CC4)CC3)c(C#N)cc2C1. The molecule has 0 atom stereocenters. The number of hydrogen-bond donors (Lipinski definition) is 0. The second kappa shape index (κ2) is 6.10. The molecular weight excluding hydrogens is 288 g/mol. The molecule has 1 aromatic heterocycles. The van der Waals surface area contributed by atoms with Gasteiger partial charge in [0.15, 0.2) is 0 Å². The number of fused-ring (bicyclic) bond motifs is 1. The molecule has 0 unspecified atom stereocenters. The highest BCUT2D eigenvalue weighted by Crippen LogP contribution is 2.31. The van der Waals surface area contributed by atoms with E-state index in [4.69, 9.17) is 9.72 Å². The van der Waals surface area contributed by atoms with Crippen LogP contribution in [0, 0.1) is 11.3 Å². The number of hydrogen-bond acceptors (Lipinski definition) is 5. The molecule has 0 radical (unpaired) electrons. The zero-order chi connectivity index (χ0) is 15.8. The molecule has 5 heteroatoms. The maximum absolute atomic E-state index is 9.45. The number of pyridine rings is 1. The van der Waals surface area contributed by atoms with E-state index < -0.39 is 0 Å². The third-order valence-corrected chi connectivity index (χ3v) is 5.27. The Kier molecular flexibility index (Phi) is 3.96. The number of piperidine rings is 1. The van der Waals surface area contributed by atoms with Gasteiger partial charge in [-0.05, 0) is 44.4 Å². The normalized spacial score (nSPS) is 23.3. The van der Waals surface area contributed by atoms with Crippen molar-refractivity contribution in [3.8, 4) is 11.9 Å². The van der Waals surface area contributed by atoms with E-state index in [-0.39, 0.29) is 6.10 Å². The Morgan fingerprint density at radius 3 is 2.70 bits per heavy atom. The molecule has 0 bridgehead atoms. The molecule has 1 aliphatic carbocycles. The second-order valence-corrected chi connectivity index (χ2v) is 7.13. The fourth-order valence-corrected chi connectivity index (χ4v) is 3.72. The lowest BCUT2D eigenvalue weighted by Crippen LogP contribution is -2.39. The molecule has 0 spiro atoms. The second-order valence-electron chi connectivity index (χ2n) is 7.13. The Morgan fingerprint density at radius 1 is 1.22 bits per heavy atom. The Hall–Kier alpha value is -1.64. The van der Waals surface area contributed by atoms with Crippen LogP contribution < -0.4 is 4.74 Å². The monoisotopic (exact) mass is 312 g/mol. The van der Waals surface area contributed by atoms with Crippen LogP contribution in [0.15, 0.2) is 6.07 Å². The molecular formula is C18H24N4O. The summed E-state index contributed by atoms with van der Waals surface area (Å²) in [7, 11) is 2.10. The van der Waals surface area contributed by atoms with Crippen molar-refractivity contribution in [2.24, 2.45) is 0 Å². The fraction of sp³-hybridized carbons (Fsp3) is 0.667. The Balaban J connectivity index is 1.47. The molecule has 5 nitrogen and oxygen atoms in total. The van der Waals surface area contributed by atoms with Gasteiger partial charge in [-0.15, -0.1) is 0 Å². The minimum absolute atomic E-state index is 0.203.